The Morgan fingerprint density at radius 2 is 1.83 bits per heavy atom. The van der Waals surface area contributed by atoms with Gasteiger partial charge in [0.1, 0.15) is 5.78 Å². The topological polar surface area (TPSA) is 54.4 Å². The van der Waals surface area contributed by atoms with Crippen molar-refractivity contribution in [3.05, 3.63) is 12.2 Å². The van der Waals surface area contributed by atoms with E-state index in [1.807, 2.05) is 0 Å². The molecule has 0 unspecified atom stereocenters. The fourth-order valence-corrected chi connectivity index (χ4v) is 1.02. The van der Waals surface area contributed by atoms with Crippen molar-refractivity contribution in [1.82, 2.24) is 0 Å². The number of aliphatic carboxylic acids is 1. The molecule has 0 aliphatic rings. The lowest BCUT2D eigenvalue weighted by molar-refractivity contribution is -0.133. The van der Waals surface area contributed by atoms with E-state index >= 15 is 0 Å². The summed E-state index contributed by atoms with van der Waals surface area (Å²) in [5.41, 5.74) is -0.560. The summed E-state index contributed by atoms with van der Waals surface area (Å²) < 4.78 is 0. The lowest BCUT2D eigenvalue weighted by atomic mass is 9.81. The standard InChI is InChI=1S/C9H14O3/c1-6(10)5-9(3,4)7(2)8(11)12/h2,5H2,1,3-4H3,(H,11,12). The van der Waals surface area contributed by atoms with E-state index in [1.165, 1.54) is 6.92 Å². The Morgan fingerprint density at radius 3 is 2.08 bits per heavy atom. The first-order valence-corrected chi connectivity index (χ1v) is 3.69. The van der Waals surface area contributed by atoms with Gasteiger partial charge in [-0.25, -0.2) is 4.79 Å². The predicted molar refractivity (Wildman–Crippen MR) is 45.9 cm³/mol. The van der Waals surface area contributed by atoms with Crippen LogP contribution in [-0.4, -0.2) is 16.9 Å². The normalized spacial score (nSPS) is 10.9. The lowest BCUT2D eigenvalue weighted by Gasteiger charge is -2.22. The Kier molecular flexibility index (Phi) is 3.19. The van der Waals surface area contributed by atoms with Crippen LogP contribution in [0.5, 0.6) is 0 Å². The van der Waals surface area contributed by atoms with Gasteiger partial charge in [0.15, 0.2) is 0 Å². The molecular weight excluding hydrogens is 156 g/mol. The highest BCUT2D eigenvalue weighted by atomic mass is 16.4. The third kappa shape index (κ3) is 2.86. The molecule has 0 fully saturated rings. The number of ketones is 1. The Balaban J connectivity index is 4.50. The van der Waals surface area contributed by atoms with E-state index in [-0.39, 0.29) is 17.8 Å². The molecule has 0 aromatic heterocycles. The van der Waals surface area contributed by atoms with Crippen LogP contribution < -0.4 is 0 Å². The smallest absolute Gasteiger partial charge is 0.331 e. The predicted octanol–water partition coefficient (Wildman–Crippen LogP) is 1.63. The summed E-state index contributed by atoms with van der Waals surface area (Å²) in [6, 6.07) is 0. The van der Waals surface area contributed by atoms with Gasteiger partial charge in [0, 0.05) is 17.4 Å². The van der Waals surface area contributed by atoms with Gasteiger partial charge < -0.3 is 5.11 Å². The Hall–Kier alpha value is -1.12. The van der Waals surface area contributed by atoms with E-state index in [0.717, 1.165) is 0 Å². The maximum absolute atomic E-state index is 10.8. The molecule has 0 radical (unpaired) electrons. The highest BCUT2D eigenvalue weighted by Crippen LogP contribution is 2.29. The van der Waals surface area contributed by atoms with Crippen molar-refractivity contribution in [3.63, 3.8) is 0 Å². The first-order chi connectivity index (χ1) is 5.27. The van der Waals surface area contributed by atoms with Gasteiger partial charge in [-0.3, -0.25) is 4.79 Å². The van der Waals surface area contributed by atoms with E-state index < -0.39 is 11.4 Å². The van der Waals surface area contributed by atoms with Crippen LogP contribution in [0.4, 0.5) is 0 Å². The van der Waals surface area contributed by atoms with Crippen molar-refractivity contribution in [3.8, 4) is 0 Å². The maximum atomic E-state index is 10.8. The van der Waals surface area contributed by atoms with Crippen molar-refractivity contribution in [2.24, 2.45) is 5.41 Å². The molecule has 0 atom stereocenters. The third-order valence-corrected chi connectivity index (χ3v) is 1.77. The van der Waals surface area contributed by atoms with Gasteiger partial charge in [-0.1, -0.05) is 20.4 Å². The molecule has 3 heteroatoms. The first kappa shape index (κ1) is 10.9. The molecule has 0 saturated carbocycles. The molecule has 0 aromatic rings. The number of hydrogen-bond acceptors (Lipinski definition) is 2. The van der Waals surface area contributed by atoms with Crippen LogP contribution in [0.2, 0.25) is 0 Å². The molecule has 0 heterocycles. The number of carboxylic acid groups (broad SMARTS) is 1. The minimum atomic E-state index is -1.04. The van der Waals surface area contributed by atoms with E-state index in [0.29, 0.717) is 0 Å². The van der Waals surface area contributed by atoms with Crippen molar-refractivity contribution >= 4 is 11.8 Å². The molecule has 0 saturated heterocycles. The second-order valence-electron chi connectivity index (χ2n) is 3.55. The maximum Gasteiger partial charge on any atom is 0.331 e. The number of carboxylic acids is 1. The summed E-state index contributed by atoms with van der Waals surface area (Å²) in [7, 11) is 0. The largest absolute Gasteiger partial charge is 0.478 e. The Morgan fingerprint density at radius 1 is 1.42 bits per heavy atom. The quantitative estimate of drug-likeness (QED) is 0.652. The second kappa shape index (κ2) is 3.52. The van der Waals surface area contributed by atoms with Gasteiger partial charge in [-0.15, -0.1) is 0 Å². The molecule has 0 spiro atoms. The Labute approximate surface area is 72.1 Å². The van der Waals surface area contributed by atoms with E-state index in [9.17, 15) is 9.59 Å². The minimum absolute atomic E-state index is 0.0256. The van der Waals surface area contributed by atoms with Crippen LogP contribution in [0.1, 0.15) is 27.2 Å². The summed E-state index contributed by atoms with van der Waals surface area (Å²) in [4.78, 5) is 21.3. The van der Waals surface area contributed by atoms with Gasteiger partial charge in [0.2, 0.25) is 0 Å². The van der Waals surface area contributed by atoms with Crippen molar-refractivity contribution in [1.29, 1.82) is 0 Å². The highest BCUT2D eigenvalue weighted by Gasteiger charge is 2.27. The van der Waals surface area contributed by atoms with Gasteiger partial charge in [-0.05, 0) is 6.92 Å². The van der Waals surface area contributed by atoms with Gasteiger partial charge in [0.05, 0.1) is 0 Å². The Bertz CT molecular complexity index is 226. The number of carbonyl (C=O) groups is 2. The zero-order valence-electron chi connectivity index (χ0n) is 7.68. The van der Waals surface area contributed by atoms with E-state index in [1.54, 1.807) is 13.8 Å². The summed E-state index contributed by atoms with van der Waals surface area (Å²) in [5.74, 6) is -1.07. The molecule has 3 nitrogen and oxygen atoms in total. The molecule has 0 amide bonds. The summed E-state index contributed by atoms with van der Waals surface area (Å²) in [5, 5.41) is 8.62. The van der Waals surface area contributed by atoms with Crippen LogP contribution in [0.3, 0.4) is 0 Å². The van der Waals surface area contributed by atoms with E-state index in [2.05, 4.69) is 6.58 Å². The number of Topliss-reactive ketones (excluding diaryl/α,β-unsaturated/α-hetero) is 1. The van der Waals surface area contributed by atoms with Crippen LogP contribution in [0.25, 0.3) is 0 Å². The summed E-state index contributed by atoms with van der Waals surface area (Å²) in [6.07, 6.45) is 0.220. The second-order valence-corrected chi connectivity index (χ2v) is 3.55. The third-order valence-electron chi connectivity index (χ3n) is 1.77. The van der Waals surface area contributed by atoms with Crippen molar-refractivity contribution < 1.29 is 14.7 Å². The number of carbonyl (C=O) groups excluding carboxylic acids is 1. The fourth-order valence-electron chi connectivity index (χ4n) is 1.02. The molecule has 0 aliphatic carbocycles. The summed E-state index contributed by atoms with van der Waals surface area (Å²) >= 11 is 0. The zero-order chi connectivity index (χ0) is 9.94. The van der Waals surface area contributed by atoms with Crippen LogP contribution >= 0.6 is 0 Å². The zero-order valence-corrected chi connectivity index (χ0v) is 7.68. The number of hydrogen-bond donors (Lipinski definition) is 1. The molecule has 0 aromatic carbocycles. The molecule has 12 heavy (non-hydrogen) atoms. The summed E-state index contributed by atoms with van der Waals surface area (Å²) in [6.45, 7) is 8.27. The lowest BCUT2D eigenvalue weighted by Crippen LogP contribution is -2.22. The van der Waals surface area contributed by atoms with E-state index in [4.69, 9.17) is 5.11 Å². The average molecular weight is 170 g/mol. The minimum Gasteiger partial charge on any atom is -0.478 e. The van der Waals surface area contributed by atoms with Crippen molar-refractivity contribution in [2.75, 3.05) is 0 Å². The van der Waals surface area contributed by atoms with Crippen LogP contribution in [0.15, 0.2) is 12.2 Å². The number of rotatable bonds is 4. The molecule has 0 rings (SSSR count). The first-order valence-electron chi connectivity index (χ1n) is 3.69. The molecular formula is C9H14O3. The monoisotopic (exact) mass is 170 g/mol. The molecule has 1 N–H and O–H groups in total. The fraction of sp³-hybridized carbons (Fsp3) is 0.556. The van der Waals surface area contributed by atoms with Crippen molar-refractivity contribution in [2.45, 2.75) is 27.2 Å². The molecule has 0 bridgehead atoms. The van der Waals surface area contributed by atoms with Gasteiger partial charge in [0.25, 0.3) is 0 Å². The average Bonchev–Trinajstić information content (AvgIpc) is 1.82. The molecule has 68 valence electrons. The van der Waals surface area contributed by atoms with Crippen LogP contribution in [-0.2, 0) is 9.59 Å². The van der Waals surface area contributed by atoms with Crippen LogP contribution in [0, 0.1) is 5.41 Å². The SMILES string of the molecule is C=C(C(=O)O)C(C)(C)CC(C)=O. The van der Waals surface area contributed by atoms with Gasteiger partial charge in [-0.2, -0.15) is 0 Å². The highest BCUT2D eigenvalue weighted by molar-refractivity contribution is 5.89. The van der Waals surface area contributed by atoms with Gasteiger partial charge >= 0.3 is 5.97 Å². The molecule has 0 aliphatic heterocycles.